The third-order valence-electron chi connectivity index (χ3n) is 3.16. The van der Waals surface area contributed by atoms with Gasteiger partial charge in [-0.3, -0.25) is 9.59 Å². The smallest absolute Gasteiger partial charge is 0.304 e. The summed E-state index contributed by atoms with van der Waals surface area (Å²) in [7, 11) is 0. The number of piperidine rings is 1. The monoisotopic (exact) mass is 255 g/mol. The van der Waals surface area contributed by atoms with Gasteiger partial charge in [-0.2, -0.15) is 0 Å². The van der Waals surface area contributed by atoms with Crippen LogP contribution in [0.4, 0.5) is 0 Å². The predicted molar refractivity (Wildman–Crippen MR) is 67.0 cm³/mol. The van der Waals surface area contributed by atoms with Gasteiger partial charge in [-0.05, 0) is 26.3 Å². The van der Waals surface area contributed by atoms with Gasteiger partial charge >= 0.3 is 4.87 Å². The van der Waals surface area contributed by atoms with Gasteiger partial charge in [0.05, 0.1) is 12.0 Å². The number of H-pyrrole nitrogens is 1. The molecule has 0 saturated carbocycles. The van der Waals surface area contributed by atoms with Gasteiger partial charge in [-0.15, -0.1) is 0 Å². The molecule has 0 radical (unpaired) electrons. The van der Waals surface area contributed by atoms with Crippen molar-refractivity contribution in [2.45, 2.75) is 26.3 Å². The molecular weight excluding hydrogens is 238 g/mol. The molecule has 0 spiro atoms. The molecule has 1 fully saturated rings. The van der Waals surface area contributed by atoms with Gasteiger partial charge in [0.1, 0.15) is 0 Å². The van der Waals surface area contributed by atoms with Crippen molar-refractivity contribution < 1.29 is 4.79 Å². The van der Waals surface area contributed by atoms with Crippen molar-refractivity contribution in [3.8, 4) is 0 Å². The van der Waals surface area contributed by atoms with Crippen molar-refractivity contribution in [2.75, 3.05) is 13.1 Å². The van der Waals surface area contributed by atoms with E-state index in [4.69, 9.17) is 0 Å². The number of aromatic nitrogens is 1. The van der Waals surface area contributed by atoms with Crippen LogP contribution in [-0.4, -0.2) is 24.0 Å². The highest BCUT2D eigenvalue weighted by Gasteiger charge is 2.34. The van der Waals surface area contributed by atoms with Crippen LogP contribution in [0.15, 0.2) is 10.2 Å². The fraction of sp³-hybridized carbons (Fsp3) is 0.636. The van der Waals surface area contributed by atoms with Crippen LogP contribution >= 0.6 is 11.3 Å². The number of rotatable bonds is 3. The van der Waals surface area contributed by atoms with Crippen molar-refractivity contribution >= 4 is 17.2 Å². The first kappa shape index (κ1) is 12.3. The van der Waals surface area contributed by atoms with Crippen LogP contribution in [0, 0.1) is 5.41 Å². The Labute approximate surface area is 104 Å². The van der Waals surface area contributed by atoms with Gasteiger partial charge in [-0.25, -0.2) is 0 Å². The number of carbonyl (C=O) groups is 1. The predicted octanol–water partition coefficient (Wildman–Crippen LogP) is 0.442. The van der Waals surface area contributed by atoms with Crippen LogP contribution in [0.5, 0.6) is 0 Å². The van der Waals surface area contributed by atoms with Crippen LogP contribution in [-0.2, 0) is 11.3 Å². The average Bonchev–Trinajstić information content (AvgIpc) is 2.73. The number of hydrogen-bond donors (Lipinski definition) is 3. The van der Waals surface area contributed by atoms with Gasteiger partial charge in [-0.1, -0.05) is 11.3 Å². The number of nitrogens with one attached hydrogen (secondary N) is 3. The maximum Gasteiger partial charge on any atom is 0.304 e. The molecule has 17 heavy (non-hydrogen) atoms. The van der Waals surface area contributed by atoms with E-state index in [1.807, 2.05) is 6.92 Å². The molecule has 0 aliphatic carbocycles. The standard InChI is InChI=1S/C11H17N3O2S/c1-11(3-2-4-12-7-11)9(15)13-5-8-6-17-10(16)14-8/h6,12H,2-5,7H2,1H3,(H,13,15)(H,14,16). The van der Waals surface area contributed by atoms with Crippen LogP contribution < -0.4 is 15.5 Å². The zero-order chi connectivity index (χ0) is 12.3. The van der Waals surface area contributed by atoms with Gasteiger partial charge in [0.2, 0.25) is 5.91 Å². The first-order valence-corrected chi connectivity index (χ1v) is 6.64. The summed E-state index contributed by atoms with van der Waals surface area (Å²) in [6.07, 6.45) is 1.94. The SMILES string of the molecule is CC1(C(=O)NCc2csc(=O)[nH]2)CCCNC1. The van der Waals surface area contributed by atoms with Crippen molar-refractivity contribution in [3.05, 3.63) is 20.7 Å². The molecule has 0 aromatic carbocycles. The zero-order valence-corrected chi connectivity index (χ0v) is 10.7. The van der Waals surface area contributed by atoms with Crippen LogP contribution in [0.25, 0.3) is 0 Å². The number of amides is 1. The van der Waals surface area contributed by atoms with E-state index in [0.717, 1.165) is 43.0 Å². The lowest BCUT2D eigenvalue weighted by Gasteiger charge is -2.32. The molecule has 2 heterocycles. The van der Waals surface area contributed by atoms with E-state index in [1.165, 1.54) is 0 Å². The third-order valence-corrected chi connectivity index (χ3v) is 3.87. The molecule has 0 bridgehead atoms. The summed E-state index contributed by atoms with van der Waals surface area (Å²) in [6, 6.07) is 0. The van der Waals surface area contributed by atoms with Crippen molar-refractivity contribution in [1.29, 1.82) is 0 Å². The molecule has 6 heteroatoms. The summed E-state index contributed by atoms with van der Waals surface area (Å²) < 4.78 is 0. The fourth-order valence-electron chi connectivity index (χ4n) is 2.04. The average molecular weight is 255 g/mol. The van der Waals surface area contributed by atoms with Crippen LogP contribution in [0.2, 0.25) is 0 Å². The molecular formula is C11H17N3O2S. The lowest BCUT2D eigenvalue weighted by atomic mass is 9.82. The van der Waals surface area contributed by atoms with Crippen LogP contribution in [0.1, 0.15) is 25.5 Å². The van der Waals surface area contributed by atoms with Crippen molar-refractivity contribution in [3.63, 3.8) is 0 Å². The van der Waals surface area contributed by atoms with Gasteiger partial charge in [0.25, 0.3) is 0 Å². The van der Waals surface area contributed by atoms with E-state index in [-0.39, 0.29) is 16.2 Å². The van der Waals surface area contributed by atoms with Crippen LogP contribution in [0.3, 0.4) is 0 Å². The summed E-state index contributed by atoms with van der Waals surface area (Å²) in [4.78, 5) is 25.6. The third kappa shape index (κ3) is 2.95. The Hall–Kier alpha value is -1.14. The zero-order valence-electron chi connectivity index (χ0n) is 9.84. The minimum Gasteiger partial charge on any atom is -0.350 e. The highest BCUT2D eigenvalue weighted by atomic mass is 32.1. The Morgan fingerprint density at radius 1 is 1.65 bits per heavy atom. The molecule has 1 aliphatic heterocycles. The largest absolute Gasteiger partial charge is 0.350 e. The molecule has 1 aromatic rings. The Morgan fingerprint density at radius 2 is 2.47 bits per heavy atom. The number of aromatic amines is 1. The second-order valence-corrected chi connectivity index (χ2v) is 5.54. The van der Waals surface area contributed by atoms with E-state index >= 15 is 0 Å². The first-order chi connectivity index (χ1) is 8.10. The second-order valence-electron chi connectivity index (χ2n) is 4.70. The van der Waals surface area contributed by atoms with E-state index in [0.29, 0.717) is 6.54 Å². The second kappa shape index (κ2) is 5.01. The molecule has 3 N–H and O–H groups in total. The maximum absolute atomic E-state index is 12.1. The Kier molecular flexibility index (Phi) is 3.63. The Balaban J connectivity index is 1.90. The van der Waals surface area contributed by atoms with E-state index in [1.54, 1.807) is 5.38 Å². The maximum atomic E-state index is 12.1. The lowest BCUT2D eigenvalue weighted by molar-refractivity contribution is -0.131. The van der Waals surface area contributed by atoms with Gasteiger partial charge in [0, 0.05) is 17.6 Å². The van der Waals surface area contributed by atoms with Gasteiger partial charge in [0.15, 0.2) is 0 Å². The summed E-state index contributed by atoms with van der Waals surface area (Å²) >= 11 is 1.12. The minimum absolute atomic E-state index is 0.0525. The molecule has 1 aromatic heterocycles. The minimum atomic E-state index is -0.325. The molecule has 94 valence electrons. The van der Waals surface area contributed by atoms with E-state index in [2.05, 4.69) is 15.6 Å². The van der Waals surface area contributed by atoms with E-state index < -0.39 is 0 Å². The molecule has 1 saturated heterocycles. The molecule has 1 unspecified atom stereocenters. The molecule has 1 atom stereocenters. The lowest BCUT2D eigenvalue weighted by Crippen LogP contribution is -2.48. The Morgan fingerprint density at radius 3 is 3.06 bits per heavy atom. The number of hydrogen-bond acceptors (Lipinski definition) is 4. The molecule has 5 nitrogen and oxygen atoms in total. The molecule has 1 aliphatic rings. The number of carbonyl (C=O) groups excluding carboxylic acids is 1. The van der Waals surface area contributed by atoms with Crippen molar-refractivity contribution in [2.24, 2.45) is 5.41 Å². The van der Waals surface area contributed by atoms with Crippen molar-refractivity contribution in [1.82, 2.24) is 15.6 Å². The van der Waals surface area contributed by atoms with E-state index in [9.17, 15) is 9.59 Å². The first-order valence-electron chi connectivity index (χ1n) is 5.76. The molecule has 1 amide bonds. The quantitative estimate of drug-likeness (QED) is 0.734. The molecule has 2 rings (SSSR count). The topological polar surface area (TPSA) is 74.0 Å². The summed E-state index contributed by atoms with van der Waals surface area (Å²) in [5, 5.41) is 7.86. The van der Waals surface area contributed by atoms with Gasteiger partial charge < -0.3 is 15.6 Å². The summed E-state index contributed by atoms with van der Waals surface area (Å²) in [6.45, 7) is 4.08. The Bertz CT molecular complexity index is 446. The normalized spacial score (nSPS) is 24.5. The number of thiazole rings is 1. The highest BCUT2D eigenvalue weighted by Crippen LogP contribution is 2.25. The highest BCUT2D eigenvalue weighted by molar-refractivity contribution is 7.07. The summed E-state index contributed by atoms with van der Waals surface area (Å²) in [5.74, 6) is 0.0525. The summed E-state index contributed by atoms with van der Waals surface area (Å²) in [5.41, 5.74) is 0.440. The fourth-order valence-corrected chi connectivity index (χ4v) is 2.62.